The summed E-state index contributed by atoms with van der Waals surface area (Å²) in [6, 6.07) is 0.839. The van der Waals surface area contributed by atoms with Gasteiger partial charge in [0.2, 0.25) is 0 Å². The van der Waals surface area contributed by atoms with Crippen molar-refractivity contribution in [1.82, 2.24) is 4.90 Å². The molecule has 1 N–H and O–H groups in total. The van der Waals surface area contributed by atoms with Gasteiger partial charge in [0, 0.05) is 31.5 Å². The van der Waals surface area contributed by atoms with E-state index in [1.165, 1.54) is 45.2 Å². The molecule has 6 rings (SSSR count). The zero-order valence-corrected chi connectivity index (χ0v) is 19.4. The van der Waals surface area contributed by atoms with E-state index in [1.54, 1.807) is 0 Å². The minimum atomic E-state index is -0.242. The van der Waals surface area contributed by atoms with Crippen LogP contribution in [0.1, 0.15) is 78.6 Å². The molecule has 0 amide bonds. The molecule has 0 bridgehead atoms. The van der Waals surface area contributed by atoms with E-state index in [9.17, 15) is 9.90 Å². The van der Waals surface area contributed by atoms with Crippen LogP contribution in [-0.4, -0.2) is 41.0 Å². The highest BCUT2D eigenvalue weighted by Gasteiger charge is 2.62. The van der Waals surface area contributed by atoms with Gasteiger partial charge in [0.05, 0.1) is 6.10 Å². The van der Waals surface area contributed by atoms with Crippen LogP contribution in [0.25, 0.3) is 0 Å². The fourth-order valence-electron chi connectivity index (χ4n) is 10.3. The van der Waals surface area contributed by atoms with E-state index in [0.29, 0.717) is 11.7 Å². The number of hydrogen-bond donors (Lipinski definition) is 1. The van der Waals surface area contributed by atoms with Gasteiger partial charge in [0.25, 0.3) is 0 Å². The number of Topliss-reactive ketones (excluding diaryl/α,β-unsaturated/α-hetero) is 1. The molecule has 4 saturated carbocycles. The van der Waals surface area contributed by atoms with Crippen LogP contribution < -0.4 is 0 Å². The van der Waals surface area contributed by atoms with Gasteiger partial charge in [-0.3, -0.25) is 9.69 Å². The van der Waals surface area contributed by atoms with Crippen LogP contribution in [0.15, 0.2) is 0 Å². The van der Waals surface area contributed by atoms with Crippen molar-refractivity contribution < 1.29 is 9.90 Å². The van der Waals surface area contributed by atoms with Gasteiger partial charge in [-0.15, -0.1) is 0 Å². The predicted octanol–water partition coefficient (Wildman–Crippen LogP) is 4.77. The van der Waals surface area contributed by atoms with Crippen LogP contribution in [0.2, 0.25) is 0 Å². The second kappa shape index (κ2) is 7.04. The van der Waals surface area contributed by atoms with Gasteiger partial charge in [-0.05, 0) is 104 Å². The highest BCUT2D eigenvalue weighted by molar-refractivity contribution is 5.83. The maximum Gasteiger partial charge on any atom is 0.136 e. The van der Waals surface area contributed by atoms with Crippen LogP contribution in [0, 0.1) is 58.7 Å². The third-order valence-corrected chi connectivity index (χ3v) is 11.8. The van der Waals surface area contributed by atoms with Crippen molar-refractivity contribution in [3.8, 4) is 0 Å². The molecule has 6 fully saturated rings. The SMILES string of the molecule is C[C@H]1CC[C@H]2[C@H](C)[C@@H]3CC[C@H]4[C@H](C[C@H]5[C@H]4CC(=O)[C@H]4C[C@H](O)CC[C@@]45C)[C@H]3CN2C1. The average molecular weight is 414 g/mol. The molecule has 0 unspecified atom stereocenters. The molecule has 4 aliphatic carbocycles. The fourth-order valence-corrected chi connectivity index (χ4v) is 10.3. The lowest BCUT2D eigenvalue weighted by molar-refractivity contribution is -0.145. The van der Waals surface area contributed by atoms with Crippen molar-refractivity contribution in [3.05, 3.63) is 0 Å². The summed E-state index contributed by atoms with van der Waals surface area (Å²) in [4.78, 5) is 16.1. The molecule has 2 aliphatic heterocycles. The lowest BCUT2D eigenvalue weighted by Crippen LogP contribution is -2.58. The van der Waals surface area contributed by atoms with Gasteiger partial charge in [-0.2, -0.15) is 0 Å². The first-order chi connectivity index (χ1) is 14.4. The summed E-state index contributed by atoms with van der Waals surface area (Å²) in [7, 11) is 0. The zero-order valence-electron chi connectivity index (χ0n) is 19.4. The molecule has 30 heavy (non-hydrogen) atoms. The summed E-state index contributed by atoms with van der Waals surface area (Å²) < 4.78 is 0. The third-order valence-electron chi connectivity index (χ3n) is 11.8. The highest BCUT2D eigenvalue weighted by atomic mass is 16.3. The summed E-state index contributed by atoms with van der Waals surface area (Å²) in [6.45, 7) is 10.1. The molecule has 2 saturated heterocycles. The number of carbonyl (C=O) groups is 1. The highest BCUT2D eigenvalue weighted by Crippen LogP contribution is 2.66. The maximum absolute atomic E-state index is 13.2. The first-order valence-electron chi connectivity index (χ1n) is 13.3. The standard InChI is InChI=1S/C27H43NO2/c1-15-4-7-25-16(2)18-5-6-19-20(22(18)14-28(25)13-15)11-23-21(19)12-26(30)24-10-17(29)8-9-27(23,24)3/h15-25,29H,4-14H2,1-3H3/t15-,16+,17+,18-,19-,20-,21-,22-,23-,24+,25-,27+/m0/s1. The van der Waals surface area contributed by atoms with E-state index in [1.807, 2.05) is 0 Å². The molecule has 0 aromatic carbocycles. The second-order valence-electron chi connectivity index (χ2n) is 13.0. The van der Waals surface area contributed by atoms with Crippen molar-refractivity contribution in [1.29, 1.82) is 0 Å². The number of fused-ring (bicyclic) bond motifs is 8. The van der Waals surface area contributed by atoms with E-state index in [2.05, 4.69) is 25.7 Å². The van der Waals surface area contributed by atoms with Crippen molar-refractivity contribution in [3.63, 3.8) is 0 Å². The quantitative estimate of drug-likeness (QED) is 0.622. The molecule has 0 aromatic rings. The zero-order chi connectivity index (χ0) is 20.8. The van der Waals surface area contributed by atoms with Crippen molar-refractivity contribution in [2.75, 3.05) is 13.1 Å². The Morgan fingerprint density at radius 3 is 2.53 bits per heavy atom. The van der Waals surface area contributed by atoms with Crippen molar-refractivity contribution in [2.45, 2.75) is 90.7 Å². The molecule has 0 aromatic heterocycles. The minimum absolute atomic E-state index is 0.135. The van der Waals surface area contributed by atoms with Crippen LogP contribution in [0.3, 0.4) is 0 Å². The van der Waals surface area contributed by atoms with Gasteiger partial charge < -0.3 is 5.11 Å². The molecule has 12 atom stereocenters. The lowest BCUT2D eigenvalue weighted by atomic mass is 9.51. The van der Waals surface area contributed by atoms with E-state index >= 15 is 0 Å². The van der Waals surface area contributed by atoms with Crippen molar-refractivity contribution in [2.24, 2.45) is 58.7 Å². The number of aliphatic hydroxyl groups is 1. The Hall–Kier alpha value is -0.410. The molecule has 6 aliphatic rings. The summed E-state index contributed by atoms with van der Waals surface area (Å²) in [5.41, 5.74) is 0.161. The Morgan fingerprint density at radius 2 is 1.70 bits per heavy atom. The second-order valence-corrected chi connectivity index (χ2v) is 13.0. The largest absolute Gasteiger partial charge is 0.393 e. The Balaban J connectivity index is 1.28. The molecule has 2 heterocycles. The van der Waals surface area contributed by atoms with Gasteiger partial charge >= 0.3 is 0 Å². The molecular weight excluding hydrogens is 370 g/mol. The lowest BCUT2D eigenvalue weighted by Gasteiger charge is -2.56. The van der Waals surface area contributed by atoms with Gasteiger partial charge in [-0.25, -0.2) is 0 Å². The molecule has 0 radical (unpaired) electrons. The molecule has 3 heteroatoms. The third kappa shape index (κ3) is 2.79. The average Bonchev–Trinajstić information content (AvgIpc) is 3.09. The summed E-state index contributed by atoms with van der Waals surface area (Å²) in [5.74, 6) is 7.19. The van der Waals surface area contributed by atoms with Crippen molar-refractivity contribution >= 4 is 5.78 Å². The molecule has 3 nitrogen and oxygen atoms in total. The number of ketones is 1. The number of hydrogen-bond acceptors (Lipinski definition) is 3. The Kier molecular flexibility index (Phi) is 4.75. The van der Waals surface area contributed by atoms with Crippen LogP contribution in [-0.2, 0) is 4.79 Å². The summed E-state index contributed by atoms with van der Waals surface area (Å²) in [5, 5.41) is 10.3. The topological polar surface area (TPSA) is 40.5 Å². The smallest absolute Gasteiger partial charge is 0.136 e. The fraction of sp³-hybridized carbons (Fsp3) is 0.963. The van der Waals surface area contributed by atoms with Crippen LogP contribution >= 0.6 is 0 Å². The Labute approximate surface area is 183 Å². The number of aliphatic hydroxyl groups excluding tert-OH is 1. The van der Waals surface area contributed by atoms with Crippen LogP contribution in [0.5, 0.6) is 0 Å². The first kappa shape index (κ1) is 20.2. The monoisotopic (exact) mass is 413 g/mol. The van der Waals surface area contributed by atoms with Gasteiger partial charge in [-0.1, -0.05) is 20.8 Å². The van der Waals surface area contributed by atoms with E-state index < -0.39 is 0 Å². The molecule has 168 valence electrons. The molecule has 0 spiro atoms. The van der Waals surface area contributed by atoms with Crippen LogP contribution in [0.4, 0.5) is 0 Å². The number of carbonyl (C=O) groups excluding carboxylic acids is 1. The first-order valence-corrected chi connectivity index (χ1v) is 13.3. The van der Waals surface area contributed by atoms with E-state index in [4.69, 9.17) is 0 Å². The summed E-state index contributed by atoms with van der Waals surface area (Å²) >= 11 is 0. The number of rotatable bonds is 0. The number of piperidine rings is 2. The van der Waals surface area contributed by atoms with E-state index in [-0.39, 0.29) is 17.4 Å². The number of nitrogens with zero attached hydrogens (tertiary/aromatic N) is 1. The normalized spacial score (nSPS) is 58.3. The van der Waals surface area contributed by atoms with E-state index in [0.717, 1.165) is 73.2 Å². The molecular formula is C27H43NO2. The summed E-state index contributed by atoms with van der Waals surface area (Å²) in [6.07, 6.45) is 10.3. The maximum atomic E-state index is 13.2. The van der Waals surface area contributed by atoms with Gasteiger partial charge in [0.15, 0.2) is 0 Å². The Morgan fingerprint density at radius 1 is 0.900 bits per heavy atom. The minimum Gasteiger partial charge on any atom is -0.393 e. The Bertz CT molecular complexity index is 705. The van der Waals surface area contributed by atoms with Gasteiger partial charge in [0.1, 0.15) is 5.78 Å². The predicted molar refractivity (Wildman–Crippen MR) is 119 cm³/mol.